The van der Waals surface area contributed by atoms with E-state index >= 15 is 0 Å². The Morgan fingerprint density at radius 3 is 2.58 bits per heavy atom. The van der Waals surface area contributed by atoms with Crippen molar-refractivity contribution in [1.82, 2.24) is 14.7 Å². The number of nitrogens with zero attached hydrogens (tertiary/aromatic N) is 3. The third-order valence-electron chi connectivity index (χ3n) is 6.70. The first-order valence-electron chi connectivity index (χ1n) is 11.5. The molecule has 2 fully saturated rings. The second-order valence-corrected chi connectivity index (χ2v) is 8.92. The van der Waals surface area contributed by atoms with Gasteiger partial charge in [-0.15, -0.1) is 0 Å². The van der Waals surface area contributed by atoms with E-state index in [-0.39, 0.29) is 5.92 Å². The molecule has 1 amide bonds. The molecular weight excluding hydrogens is 384 g/mol. The molecule has 1 aromatic carbocycles. The van der Waals surface area contributed by atoms with Crippen molar-refractivity contribution in [2.24, 2.45) is 11.7 Å². The van der Waals surface area contributed by atoms with Gasteiger partial charge in [-0.3, -0.25) is 14.6 Å². The largest absolute Gasteiger partial charge is 0.405 e. The minimum atomic E-state index is 0.156. The highest BCUT2D eigenvalue weighted by Crippen LogP contribution is 2.23. The second kappa shape index (κ2) is 11.3. The van der Waals surface area contributed by atoms with Gasteiger partial charge >= 0.3 is 0 Å². The van der Waals surface area contributed by atoms with Crippen LogP contribution >= 0.6 is 0 Å². The summed E-state index contributed by atoms with van der Waals surface area (Å²) in [5.41, 5.74) is 9.43. The molecule has 2 N–H and O–H groups in total. The van der Waals surface area contributed by atoms with Gasteiger partial charge in [0.05, 0.1) is 0 Å². The molecule has 0 unspecified atom stereocenters. The molecule has 168 valence electrons. The molecule has 0 aliphatic carbocycles. The predicted octanol–water partition coefficient (Wildman–Crippen LogP) is 3.32. The Morgan fingerprint density at radius 2 is 1.94 bits per heavy atom. The Balaban J connectivity index is 1.48. The van der Waals surface area contributed by atoms with E-state index in [1.165, 1.54) is 11.1 Å². The summed E-state index contributed by atoms with van der Waals surface area (Å²) in [7, 11) is 0. The van der Waals surface area contributed by atoms with Gasteiger partial charge in [0, 0.05) is 44.7 Å². The van der Waals surface area contributed by atoms with Crippen LogP contribution < -0.4 is 5.73 Å². The van der Waals surface area contributed by atoms with Crippen LogP contribution in [0.25, 0.3) is 0 Å². The highest BCUT2D eigenvalue weighted by Gasteiger charge is 2.32. The van der Waals surface area contributed by atoms with Gasteiger partial charge in [0.15, 0.2) is 0 Å². The van der Waals surface area contributed by atoms with Crippen molar-refractivity contribution in [2.45, 2.75) is 39.3 Å². The summed E-state index contributed by atoms with van der Waals surface area (Å²) in [6.07, 6.45) is 9.17. The number of aryl methyl sites for hydroxylation is 1. The van der Waals surface area contributed by atoms with E-state index in [0.717, 1.165) is 64.2 Å². The lowest BCUT2D eigenvalue weighted by atomic mass is 9.94. The maximum absolute atomic E-state index is 13.2. The average Bonchev–Trinajstić information content (AvgIpc) is 2.77. The molecule has 2 heterocycles. The molecule has 1 atom stereocenters. The Kier molecular flexibility index (Phi) is 8.50. The van der Waals surface area contributed by atoms with Crippen molar-refractivity contribution < 1.29 is 4.79 Å². The molecule has 0 bridgehead atoms. The quantitative estimate of drug-likeness (QED) is 0.685. The molecular formula is C26H38N4O. The van der Waals surface area contributed by atoms with Crippen molar-refractivity contribution in [2.75, 3.05) is 39.3 Å². The van der Waals surface area contributed by atoms with E-state index in [2.05, 4.69) is 59.4 Å². The third-order valence-corrected chi connectivity index (χ3v) is 6.70. The van der Waals surface area contributed by atoms with E-state index in [1.807, 2.05) is 12.2 Å². The molecule has 2 aliphatic heterocycles. The number of hydrogen-bond acceptors (Lipinski definition) is 4. The van der Waals surface area contributed by atoms with Gasteiger partial charge < -0.3 is 10.6 Å². The van der Waals surface area contributed by atoms with Crippen LogP contribution in [0.4, 0.5) is 0 Å². The number of likely N-dealkylation sites (tertiary alicyclic amines) is 1. The van der Waals surface area contributed by atoms with E-state index in [1.54, 1.807) is 12.3 Å². The number of carbonyl (C=O) groups is 1. The van der Waals surface area contributed by atoms with Crippen LogP contribution in [0, 0.1) is 12.8 Å². The number of hydrogen-bond donors (Lipinski definition) is 1. The molecule has 0 saturated carbocycles. The summed E-state index contributed by atoms with van der Waals surface area (Å²) in [5.74, 6) is 0.508. The zero-order valence-electron chi connectivity index (χ0n) is 19.2. The fourth-order valence-electron chi connectivity index (χ4n) is 4.73. The number of piperazine rings is 1. The molecule has 0 aromatic heterocycles. The average molecular weight is 423 g/mol. The van der Waals surface area contributed by atoms with Gasteiger partial charge in [-0.25, -0.2) is 0 Å². The minimum Gasteiger partial charge on any atom is -0.405 e. The monoisotopic (exact) mass is 422 g/mol. The molecule has 0 spiro atoms. The van der Waals surface area contributed by atoms with Crippen LogP contribution in [0.3, 0.4) is 0 Å². The first-order chi connectivity index (χ1) is 15.0. The summed E-state index contributed by atoms with van der Waals surface area (Å²) in [4.78, 5) is 20.2. The van der Waals surface area contributed by atoms with Gasteiger partial charge in [0.1, 0.15) is 0 Å². The van der Waals surface area contributed by atoms with Crippen LogP contribution in [0.15, 0.2) is 60.8 Å². The molecule has 31 heavy (non-hydrogen) atoms. The maximum Gasteiger partial charge on any atom is 0.225 e. The molecule has 1 aromatic rings. The van der Waals surface area contributed by atoms with Crippen LogP contribution in [0.2, 0.25) is 0 Å². The van der Waals surface area contributed by atoms with Crippen molar-refractivity contribution in [1.29, 1.82) is 0 Å². The second-order valence-electron chi connectivity index (χ2n) is 8.92. The molecule has 5 heteroatoms. The lowest BCUT2D eigenvalue weighted by Crippen LogP contribution is -2.55. The molecule has 5 nitrogen and oxygen atoms in total. The zero-order chi connectivity index (χ0) is 22.2. The molecule has 3 rings (SSSR count). The van der Waals surface area contributed by atoms with Gasteiger partial charge in [0.2, 0.25) is 5.91 Å². The Hall–Kier alpha value is -2.37. The van der Waals surface area contributed by atoms with E-state index < -0.39 is 0 Å². The van der Waals surface area contributed by atoms with Crippen molar-refractivity contribution >= 4 is 5.91 Å². The van der Waals surface area contributed by atoms with E-state index in [4.69, 9.17) is 5.73 Å². The number of rotatable bonds is 7. The van der Waals surface area contributed by atoms with Crippen molar-refractivity contribution in [3.63, 3.8) is 0 Å². The first-order valence-corrected chi connectivity index (χ1v) is 11.5. The Labute approximate surface area is 187 Å². The number of nitrogens with two attached hydrogens (primary N) is 1. The van der Waals surface area contributed by atoms with Crippen molar-refractivity contribution in [3.8, 4) is 0 Å². The summed E-state index contributed by atoms with van der Waals surface area (Å²) in [6.45, 7) is 14.5. The summed E-state index contributed by atoms with van der Waals surface area (Å²) < 4.78 is 0. The summed E-state index contributed by atoms with van der Waals surface area (Å²) >= 11 is 0. The fourth-order valence-corrected chi connectivity index (χ4v) is 4.73. The Morgan fingerprint density at radius 1 is 1.19 bits per heavy atom. The smallest absolute Gasteiger partial charge is 0.225 e. The normalized spacial score (nSPS) is 22.2. The number of benzene rings is 1. The maximum atomic E-state index is 13.2. The first kappa shape index (κ1) is 23.3. The lowest BCUT2D eigenvalue weighted by molar-refractivity contribution is -0.140. The van der Waals surface area contributed by atoms with Gasteiger partial charge in [-0.2, -0.15) is 0 Å². The van der Waals surface area contributed by atoms with E-state index in [9.17, 15) is 4.79 Å². The lowest BCUT2D eigenvalue weighted by Gasteiger charge is -2.42. The number of amides is 1. The highest BCUT2D eigenvalue weighted by atomic mass is 16.2. The van der Waals surface area contributed by atoms with E-state index in [0.29, 0.717) is 11.9 Å². The number of piperidine rings is 1. The highest BCUT2D eigenvalue weighted by molar-refractivity contribution is 5.79. The van der Waals surface area contributed by atoms with Crippen molar-refractivity contribution in [3.05, 3.63) is 72.0 Å². The summed E-state index contributed by atoms with van der Waals surface area (Å²) in [5, 5.41) is 0. The fraction of sp³-hybridized carbons (Fsp3) is 0.500. The molecule has 2 aliphatic rings. The van der Waals surface area contributed by atoms with Crippen LogP contribution in [-0.4, -0.2) is 65.9 Å². The van der Waals surface area contributed by atoms with Gasteiger partial charge in [-0.05, 0) is 68.8 Å². The van der Waals surface area contributed by atoms with Crippen LogP contribution in [0.5, 0.6) is 0 Å². The van der Waals surface area contributed by atoms with Crippen LogP contribution in [0.1, 0.15) is 30.9 Å². The standard InChI is InChI=1S/C26H38N4O/c1-4-7-23(10-13-27)19-28-14-11-24(12-15-28)26(31)30-17-16-29(22(3)18-30)20-25-9-6-5-8-21(25)2/h4-10,13,22,24H,1,11-12,14-20,27H2,2-3H3/b13-10-,23-7+/t22-/m1/s1. The topological polar surface area (TPSA) is 52.8 Å². The predicted molar refractivity (Wildman–Crippen MR) is 128 cm³/mol. The minimum absolute atomic E-state index is 0.156. The summed E-state index contributed by atoms with van der Waals surface area (Å²) in [6, 6.07) is 8.98. The molecule has 2 saturated heterocycles. The third kappa shape index (κ3) is 6.31. The zero-order valence-corrected chi connectivity index (χ0v) is 19.2. The Bertz CT molecular complexity index is 807. The SMILES string of the molecule is C=C/C=C(\C=C/N)CN1CCC(C(=O)N2CCN(Cc3ccccc3C)[C@H](C)C2)CC1. The number of allylic oxidation sites excluding steroid dienone is 2. The van der Waals surface area contributed by atoms with Crippen LogP contribution in [-0.2, 0) is 11.3 Å². The van der Waals surface area contributed by atoms with Gasteiger partial charge in [0.25, 0.3) is 0 Å². The number of carbonyl (C=O) groups excluding carboxylic acids is 1. The molecule has 0 radical (unpaired) electrons. The van der Waals surface area contributed by atoms with Gasteiger partial charge in [-0.1, -0.05) is 43.0 Å².